The van der Waals surface area contributed by atoms with Crippen LogP contribution in [0.3, 0.4) is 0 Å². The maximum Gasteiger partial charge on any atom is 0.303 e. The molecule has 1 aliphatic carbocycles. The first kappa shape index (κ1) is 18.5. The number of pyridine rings is 1. The molecular formula is C20H20FN3O4. The third kappa shape index (κ3) is 4.02. The van der Waals surface area contributed by atoms with Crippen LogP contribution in [0.15, 0.2) is 36.7 Å². The van der Waals surface area contributed by atoms with E-state index < -0.39 is 17.9 Å². The average molecular weight is 385 g/mol. The highest BCUT2D eigenvalue weighted by atomic mass is 19.1. The van der Waals surface area contributed by atoms with Gasteiger partial charge in [0.2, 0.25) is 0 Å². The molecule has 0 radical (unpaired) electrons. The van der Waals surface area contributed by atoms with Crippen LogP contribution >= 0.6 is 0 Å². The topological polar surface area (TPSA) is 97.5 Å². The number of fused-ring (bicyclic) bond motifs is 1. The smallest absolute Gasteiger partial charge is 0.303 e. The van der Waals surface area contributed by atoms with Gasteiger partial charge in [-0.3, -0.25) is 4.79 Å². The number of benzene rings is 1. The fraction of sp³-hybridized carbons (Fsp3) is 0.350. The van der Waals surface area contributed by atoms with Gasteiger partial charge in [-0.25, -0.2) is 14.1 Å². The van der Waals surface area contributed by atoms with Gasteiger partial charge in [0.15, 0.2) is 5.65 Å². The molecule has 7 nitrogen and oxygen atoms in total. The number of carboxylic acid groups (broad SMARTS) is 1. The number of ether oxygens (including phenoxy) is 1. The molecule has 146 valence electrons. The number of carbonyl (C=O) groups is 1. The monoisotopic (exact) mass is 385 g/mol. The Hall–Kier alpha value is -2.84. The summed E-state index contributed by atoms with van der Waals surface area (Å²) in [5.41, 5.74) is 2.01. The number of hydrogen-bond acceptors (Lipinski definition) is 5. The predicted octanol–water partition coefficient (Wildman–Crippen LogP) is 2.79. The highest BCUT2D eigenvalue weighted by Gasteiger charge is 2.23. The standard InChI is InChI=1S/C20H20FN3O4/c21-17-8-15(3-1-12(17)2-6-19(26)27)24-20-14(10-23-24)7-13(9-22-20)18(25)11-28-16-4-5-16/h1,3,7-10,16,18,25H,2,4-6,11H2,(H,26,27). The second-order valence-electron chi connectivity index (χ2n) is 6.96. The minimum atomic E-state index is -0.966. The second kappa shape index (κ2) is 7.65. The van der Waals surface area contributed by atoms with Gasteiger partial charge in [0, 0.05) is 23.6 Å². The van der Waals surface area contributed by atoms with Crippen LogP contribution in [-0.2, 0) is 16.0 Å². The van der Waals surface area contributed by atoms with E-state index in [2.05, 4.69) is 10.1 Å². The largest absolute Gasteiger partial charge is 0.481 e. The summed E-state index contributed by atoms with van der Waals surface area (Å²) in [4.78, 5) is 15.0. The Morgan fingerprint density at radius 2 is 2.14 bits per heavy atom. The van der Waals surface area contributed by atoms with E-state index in [9.17, 15) is 14.3 Å². The van der Waals surface area contributed by atoms with Crippen LogP contribution in [0.4, 0.5) is 4.39 Å². The summed E-state index contributed by atoms with van der Waals surface area (Å²) < 4.78 is 21.4. The third-order valence-electron chi connectivity index (χ3n) is 4.72. The van der Waals surface area contributed by atoms with Crippen LogP contribution in [0.2, 0.25) is 0 Å². The molecule has 0 bridgehead atoms. The lowest BCUT2D eigenvalue weighted by atomic mass is 10.1. The maximum absolute atomic E-state index is 14.3. The normalized spacial score (nSPS) is 15.1. The Labute approximate surface area is 160 Å². The van der Waals surface area contributed by atoms with Crippen LogP contribution in [0.5, 0.6) is 0 Å². The van der Waals surface area contributed by atoms with Crippen LogP contribution in [-0.4, -0.2) is 43.7 Å². The van der Waals surface area contributed by atoms with Gasteiger partial charge in [-0.05, 0) is 43.0 Å². The number of rotatable bonds is 8. The SMILES string of the molecule is O=C(O)CCc1ccc(-n2ncc3cc(C(O)COC4CC4)cnc32)cc1F. The molecule has 2 heterocycles. The second-order valence-corrected chi connectivity index (χ2v) is 6.96. The van der Waals surface area contributed by atoms with Crippen molar-refractivity contribution in [2.24, 2.45) is 0 Å². The van der Waals surface area contributed by atoms with Crippen molar-refractivity contribution >= 4 is 17.0 Å². The first-order valence-corrected chi connectivity index (χ1v) is 9.15. The zero-order chi connectivity index (χ0) is 19.7. The van der Waals surface area contributed by atoms with Crippen molar-refractivity contribution in [3.05, 3.63) is 53.6 Å². The predicted molar refractivity (Wildman–Crippen MR) is 98.7 cm³/mol. The molecule has 4 rings (SSSR count). The van der Waals surface area contributed by atoms with Gasteiger partial charge < -0.3 is 14.9 Å². The van der Waals surface area contributed by atoms with Crippen molar-refractivity contribution < 1.29 is 24.1 Å². The quantitative estimate of drug-likeness (QED) is 0.619. The van der Waals surface area contributed by atoms with Gasteiger partial charge in [0.1, 0.15) is 11.9 Å². The summed E-state index contributed by atoms with van der Waals surface area (Å²) in [7, 11) is 0. The summed E-state index contributed by atoms with van der Waals surface area (Å²) in [5.74, 6) is -1.45. The summed E-state index contributed by atoms with van der Waals surface area (Å²) in [6, 6.07) is 6.36. The Morgan fingerprint density at radius 1 is 1.32 bits per heavy atom. The Morgan fingerprint density at radius 3 is 2.86 bits per heavy atom. The van der Waals surface area contributed by atoms with Crippen LogP contribution in [0, 0.1) is 5.82 Å². The molecule has 28 heavy (non-hydrogen) atoms. The minimum absolute atomic E-state index is 0.127. The molecule has 1 aromatic carbocycles. The van der Waals surface area contributed by atoms with Crippen molar-refractivity contribution in [1.29, 1.82) is 0 Å². The van der Waals surface area contributed by atoms with Crippen molar-refractivity contribution in [3.63, 3.8) is 0 Å². The fourth-order valence-corrected chi connectivity index (χ4v) is 2.98. The lowest BCUT2D eigenvalue weighted by molar-refractivity contribution is -0.136. The highest BCUT2D eigenvalue weighted by molar-refractivity contribution is 5.77. The molecule has 0 saturated heterocycles. The molecule has 2 aromatic heterocycles. The highest BCUT2D eigenvalue weighted by Crippen LogP contribution is 2.26. The first-order valence-electron chi connectivity index (χ1n) is 9.15. The number of halogens is 1. The summed E-state index contributed by atoms with van der Waals surface area (Å²) >= 11 is 0. The zero-order valence-electron chi connectivity index (χ0n) is 15.1. The number of aliphatic hydroxyl groups excluding tert-OH is 1. The number of nitrogens with zero attached hydrogens (tertiary/aromatic N) is 3. The van der Waals surface area contributed by atoms with Gasteiger partial charge in [-0.2, -0.15) is 5.10 Å². The number of aryl methyl sites for hydroxylation is 1. The summed E-state index contributed by atoms with van der Waals surface area (Å²) in [5, 5.41) is 24.0. The molecule has 0 spiro atoms. The van der Waals surface area contributed by atoms with Crippen molar-refractivity contribution in [2.45, 2.75) is 37.9 Å². The average Bonchev–Trinajstić information content (AvgIpc) is 3.42. The molecule has 0 aliphatic heterocycles. The molecule has 1 atom stereocenters. The van der Waals surface area contributed by atoms with E-state index in [4.69, 9.17) is 9.84 Å². The Balaban J connectivity index is 1.55. The van der Waals surface area contributed by atoms with Gasteiger partial charge in [0.25, 0.3) is 0 Å². The van der Waals surface area contributed by atoms with E-state index in [0.717, 1.165) is 18.2 Å². The van der Waals surface area contributed by atoms with Gasteiger partial charge >= 0.3 is 5.97 Å². The Bertz CT molecular complexity index is 1020. The van der Waals surface area contributed by atoms with Crippen molar-refractivity contribution in [2.75, 3.05) is 6.61 Å². The molecule has 1 saturated carbocycles. The lowest BCUT2D eigenvalue weighted by Crippen LogP contribution is -2.09. The molecule has 0 amide bonds. The maximum atomic E-state index is 14.3. The molecule has 8 heteroatoms. The van der Waals surface area contributed by atoms with E-state index in [0.29, 0.717) is 22.5 Å². The third-order valence-corrected chi connectivity index (χ3v) is 4.72. The molecular weight excluding hydrogens is 365 g/mol. The minimum Gasteiger partial charge on any atom is -0.481 e. The van der Waals surface area contributed by atoms with Crippen LogP contribution in [0.1, 0.15) is 36.5 Å². The van der Waals surface area contributed by atoms with E-state index in [1.54, 1.807) is 30.6 Å². The number of aliphatic hydroxyl groups is 1. The zero-order valence-corrected chi connectivity index (χ0v) is 15.1. The fourth-order valence-electron chi connectivity index (χ4n) is 2.98. The van der Waals surface area contributed by atoms with Crippen molar-refractivity contribution in [3.8, 4) is 5.69 Å². The van der Waals surface area contributed by atoms with E-state index in [-0.39, 0.29) is 25.6 Å². The first-order chi connectivity index (χ1) is 13.5. The molecule has 3 aromatic rings. The van der Waals surface area contributed by atoms with Gasteiger partial charge in [0.05, 0.1) is 24.6 Å². The Kier molecular flexibility index (Phi) is 5.06. The lowest BCUT2D eigenvalue weighted by Gasteiger charge is -2.11. The number of aliphatic carboxylic acids is 1. The summed E-state index contributed by atoms with van der Waals surface area (Å²) in [6.07, 6.45) is 4.77. The number of carboxylic acids is 1. The number of hydrogen-bond donors (Lipinski definition) is 2. The molecule has 1 aliphatic rings. The van der Waals surface area contributed by atoms with Gasteiger partial charge in [-0.15, -0.1) is 0 Å². The van der Waals surface area contributed by atoms with Crippen molar-refractivity contribution in [1.82, 2.24) is 14.8 Å². The van der Waals surface area contributed by atoms with E-state index in [1.165, 1.54) is 10.7 Å². The van der Waals surface area contributed by atoms with Crippen LogP contribution in [0.25, 0.3) is 16.7 Å². The van der Waals surface area contributed by atoms with Crippen LogP contribution < -0.4 is 0 Å². The summed E-state index contributed by atoms with van der Waals surface area (Å²) in [6.45, 7) is 0.231. The van der Waals surface area contributed by atoms with E-state index in [1.807, 2.05) is 0 Å². The molecule has 2 N–H and O–H groups in total. The number of aromatic nitrogens is 3. The van der Waals surface area contributed by atoms with E-state index >= 15 is 0 Å². The molecule has 1 fully saturated rings. The molecule has 1 unspecified atom stereocenters. The van der Waals surface area contributed by atoms with Gasteiger partial charge in [-0.1, -0.05) is 6.07 Å².